The first kappa shape index (κ1) is 16.0. The summed E-state index contributed by atoms with van der Waals surface area (Å²) >= 11 is 0. The van der Waals surface area contributed by atoms with Crippen molar-refractivity contribution in [1.82, 2.24) is 0 Å². The van der Waals surface area contributed by atoms with Gasteiger partial charge in [-0.2, -0.15) is 0 Å². The fourth-order valence-corrected chi connectivity index (χ4v) is 7.80. The minimum atomic E-state index is -0.0400. The van der Waals surface area contributed by atoms with Gasteiger partial charge in [0.2, 0.25) is 0 Å². The molecule has 0 aromatic carbocycles. The third-order valence-corrected chi connectivity index (χ3v) is 8.99. The predicted molar refractivity (Wildman–Crippen MR) is 94.9 cm³/mol. The molecule has 0 saturated heterocycles. The van der Waals surface area contributed by atoms with Crippen molar-refractivity contribution in [2.75, 3.05) is 0 Å². The number of fused-ring (bicyclic) bond motifs is 5. The molecule has 1 N–H and O–H groups in total. The van der Waals surface area contributed by atoms with Crippen LogP contribution >= 0.6 is 0 Å². The molecule has 0 aromatic heterocycles. The lowest BCUT2D eigenvalue weighted by molar-refractivity contribution is -0.129. The molecule has 4 saturated carbocycles. The van der Waals surface area contributed by atoms with Crippen LogP contribution < -0.4 is 0 Å². The van der Waals surface area contributed by atoms with Gasteiger partial charge in [0.15, 0.2) is 0 Å². The van der Waals surface area contributed by atoms with Crippen molar-refractivity contribution >= 4 is 0 Å². The highest BCUT2D eigenvalue weighted by Gasteiger charge is 2.60. The lowest BCUT2D eigenvalue weighted by Crippen LogP contribution is -2.54. The second-order valence-electron chi connectivity index (χ2n) is 9.63. The summed E-state index contributed by atoms with van der Waals surface area (Å²) in [6.45, 7) is 8.86. The first-order valence-electron chi connectivity index (χ1n) is 10.0. The SMILES string of the molecule is C=C=CC1CCC[C@@]2(C)C1CC[C@@H]1[C@@H]2CC[C@]2(C)C(O)CC[C@@H]12. The minimum Gasteiger partial charge on any atom is -0.393 e. The highest BCUT2D eigenvalue weighted by Crippen LogP contribution is 2.66. The number of hydrogen-bond donors (Lipinski definition) is 1. The lowest BCUT2D eigenvalue weighted by atomic mass is 9.44. The smallest absolute Gasteiger partial charge is 0.0596 e. The first-order valence-corrected chi connectivity index (χ1v) is 10.0. The van der Waals surface area contributed by atoms with Crippen LogP contribution in [0.1, 0.15) is 71.6 Å². The highest BCUT2D eigenvalue weighted by molar-refractivity contribution is 5.11. The highest BCUT2D eigenvalue weighted by atomic mass is 16.3. The van der Waals surface area contributed by atoms with E-state index in [0.29, 0.717) is 5.41 Å². The van der Waals surface area contributed by atoms with Crippen molar-refractivity contribution < 1.29 is 5.11 Å². The van der Waals surface area contributed by atoms with E-state index < -0.39 is 0 Å². The van der Waals surface area contributed by atoms with Gasteiger partial charge in [-0.1, -0.05) is 26.8 Å². The molecule has 0 heterocycles. The second kappa shape index (κ2) is 5.50. The molecular weight excluding hydrogens is 280 g/mol. The van der Waals surface area contributed by atoms with Crippen LogP contribution in [0.25, 0.3) is 0 Å². The zero-order valence-electron chi connectivity index (χ0n) is 15.1. The van der Waals surface area contributed by atoms with E-state index in [-0.39, 0.29) is 11.5 Å². The maximum Gasteiger partial charge on any atom is 0.0596 e. The number of allylic oxidation sites excluding steroid dienone is 1. The Hall–Kier alpha value is -0.520. The van der Waals surface area contributed by atoms with Crippen LogP contribution in [0.5, 0.6) is 0 Å². The number of aliphatic hydroxyl groups is 1. The minimum absolute atomic E-state index is 0.0400. The molecule has 1 heteroatoms. The second-order valence-corrected chi connectivity index (χ2v) is 9.63. The molecule has 1 nitrogen and oxygen atoms in total. The van der Waals surface area contributed by atoms with E-state index in [1.807, 2.05) is 0 Å². The van der Waals surface area contributed by atoms with Gasteiger partial charge in [-0.25, -0.2) is 0 Å². The molecule has 3 unspecified atom stereocenters. The predicted octanol–water partition coefficient (Wildman–Crippen LogP) is 5.35. The first-order chi connectivity index (χ1) is 11.0. The molecule has 128 valence electrons. The normalized spacial score (nSPS) is 55.3. The van der Waals surface area contributed by atoms with E-state index >= 15 is 0 Å². The largest absolute Gasteiger partial charge is 0.393 e. The van der Waals surface area contributed by atoms with Gasteiger partial charge in [0.05, 0.1) is 6.10 Å². The van der Waals surface area contributed by atoms with Gasteiger partial charge < -0.3 is 5.11 Å². The molecule has 4 rings (SSSR count). The molecule has 4 fully saturated rings. The van der Waals surface area contributed by atoms with Crippen molar-refractivity contribution in [2.24, 2.45) is 40.4 Å². The van der Waals surface area contributed by atoms with E-state index in [2.05, 4.69) is 32.2 Å². The summed E-state index contributed by atoms with van der Waals surface area (Å²) in [5.41, 5.74) is 3.84. The van der Waals surface area contributed by atoms with Crippen LogP contribution in [0.4, 0.5) is 0 Å². The summed E-state index contributed by atoms with van der Waals surface area (Å²) in [6.07, 6.45) is 14.1. The Morgan fingerprint density at radius 1 is 0.913 bits per heavy atom. The maximum atomic E-state index is 10.6. The Morgan fingerprint density at radius 2 is 1.65 bits per heavy atom. The summed E-state index contributed by atoms with van der Waals surface area (Å²) in [5.74, 6) is 4.12. The Kier molecular flexibility index (Phi) is 3.82. The molecule has 4 aliphatic rings. The summed E-state index contributed by atoms with van der Waals surface area (Å²) in [7, 11) is 0. The van der Waals surface area contributed by atoms with Gasteiger partial charge in [-0.05, 0) is 97.9 Å². The summed E-state index contributed by atoms with van der Waals surface area (Å²) < 4.78 is 0. The number of hydrogen-bond acceptors (Lipinski definition) is 1. The van der Waals surface area contributed by atoms with Gasteiger partial charge in [0.25, 0.3) is 0 Å². The Morgan fingerprint density at radius 3 is 2.43 bits per heavy atom. The van der Waals surface area contributed by atoms with E-state index in [1.165, 1.54) is 51.4 Å². The maximum absolute atomic E-state index is 10.6. The van der Waals surface area contributed by atoms with Gasteiger partial charge in [-0.3, -0.25) is 0 Å². The van der Waals surface area contributed by atoms with Crippen molar-refractivity contribution in [3.63, 3.8) is 0 Å². The van der Waals surface area contributed by atoms with Crippen LogP contribution in [0.3, 0.4) is 0 Å². The standard InChI is InChI=1S/C22H34O/c1-4-6-15-7-5-13-21(2)17(15)9-8-16-18-10-11-20(23)22(18,3)14-12-19(16)21/h6,15-20,23H,1,5,7-14H2,2-3H3/t15?,16-,17?,18-,19-,20?,21-,22-/m0/s1. The molecule has 0 spiro atoms. The van der Waals surface area contributed by atoms with E-state index in [0.717, 1.165) is 36.0 Å². The molecule has 0 aromatic rings. The van der Waals surface area contributed by atoms with Crippen molar-refractivity contribution in [1.29, 1.82) is 0 Å². The van der Waals surface area contributed by atoms with E-state index in [4.69, 9.17) is 0 Å². The molecule has 0 amide bonds. The average molecular weight is 315 g/mol. The average Bonchev–Trinajstić information content (AvgIpc) is 2.83. The third-order valence-electron chi connectivity index (χ3n) is 8.99. The third kappa shape index (κ3) is 2.16. The molecular formula is C22H34O. The van der Waals surface area contributed by atoms with Gasteiger partial charge >= 0.3 is 0 Å². The van der Waals surface area contributed by atoms with Gasteiger partial charge in [0.1, 0.15) is 0 Å². The fourth-order valence-electron chi connectivity index (χ4n) is 7.80. The van der Waals surface area contributed by atoms with E-state index in [9.17, 15) is 5.11 Å². The van der Waals surface area contributed by atoms with E-state index in [1.54, 1.807) is 0 Å². The summed E-state index contributed by atoms with van der Waals surface area (Å²) in [6, 6.07) is 0. The molecule has 23 heavy (non-hydrogen) atoms. The molecule has 0 aliphatic heterocycles. The number of rotatable bonds is 1. The Balaban J connectivity index is 1.64. The van der Waals surface area contributed by atoms with Gasteiger partial charge in [-0.15, -0.1) is 5.73 Å². The zero-order chi connectivity index (χ0) is 16.2. The van der Waals surface area contributed by atoms with Crippen LogP contribution in [-0.2, 0) is 0 Å². The lowest BCUT2D eigenvalue weighted by Gasteiger charge is -2.61. The van der Waals surface area contributed by atoms with Crippen LogP contribution in [0.2, 0.25) is 0 Å². The van der Waals surface area contributed by atoms with Crippen molar-refractivity contribution in [3.05, 3.63) is 18.4 Å². The van der Waals surface area contributed by atoms with Gasteiger partial charge in [0, 0.05) is 0 Å². The quantitative estimate of drug-likeness (QED) is 0.647. The molecule has 0 radical (unpaired) electrons. The van der Waals surface area contributed by atoms with Crippen molar-refractivity contribution in [3.8, 4) is 0 Å². The number of aliphatic hydroxyl groups excluding tert-OH is 1. The molecule has 8 atom stereocenters. The van der Waals surface area contributed by atoms with Crippen LogP contribution in [0, 0.1) is 40.4 Å². The fraction of sp³-hybridized carbons (Fsp3) is 0.864. The zero-order valence-corrected chi connectivity index (χ0v) is 15.1. The summed E-state index contributed by atoms with van der Waals surface area (Å²) in [4.78, 5) is 0. The Labute approximate surface area is 142 Å². The van der Waals surface area contributed by atoms with Crippen LogP contribution in [-0.4, -0.2) is 11.2 Å². The summed E-state index contributed by atoms with van der Waals surface area (Å²) in [5, 5.41) is 10.6. The topological polar surface area (TPSA) is 20.2 Å². The van der Waals surface area contributed by atoms with Crippen molar-refractivity contribution in [2.45, 2.75) is 77.7 Å². The monoisotopic (exact) mass is 314 g/mol. The molecule has 0 bridgehead atoms. The Bertz CT molecular complexity index is 518. The molecule has 4 aliphatic carbocycles. The van der Waals surface area contributed by atoms with Crippen LogP contribution in [0.15, 0.2) is 18.4 Å².